The van der Waals surface area contributed by atoms with E-state index in [1.165, 1.54) is 55.2 Å². The van der Waals surface area contributed by atoms with Gasteiger partial charge in [-0.3, -0.25) is 0 Å². The molecule has 1 atom stereocenters. The average molecular weight is 371 g/mol. The van der Waals surface area contributed by atoms with Crippen LogP contribution >= 0.6 is 11.8 Å². The second kappa shape index (κ2) is 6.19. The molecule has 26 heavy (non-hydrogen) atoms. The highest BCUT2D eigenvalue weighted by Gasteiger charge is 2.52. The van der Waals surface area contributed by atoms with Crippen LogP contribution in [0, 0.1) is 31.6 Å². The fourth-order valence-electron chi connectivity index (χ4n) is 6.60. The van der Waals surface area contributed by atoms with E-state index >= 15 is 0 Å². The zero-order chi connectivity index (χ0) is 17.9. The molecule has 140 valence electrons. The molecule has 5 aliphatic rings. The van der Waals surface area contributed by atoms with Crippen LogP contribution in [0.2, 0.25) is 0 Å². The molecule has 1 aromatic carbocycles. The van der Waals surface area contributed by atoms with Gasteiger partial charge in [-0.1, -0.05) is 23.8 Å². The van der Waals surface area contributed by atoms with Crippen LogP contribution in [0.15, 0.2) is 18.2 Å². The molecule has 0 radical (unpaired) electrons. The van der Waals surface area contributed by atoms with Gasteiger partial charge in [0.15, 0.2) is 0 Å². The van der Waals surface area contributed by atoms with Gasteiger partial charge in [0.25, 0.3) is 0 Å². The van der Waals surface area contributed by atoms with Crippen LogP contribution in [0.1, 0.15) is 60.6 Å². The van der Waals surface area contributed by atoms with Crippen LogP contribution in [0.25, 0.3) is 0 Å². The predicted octanol–water partition coefficient (Wildman–Crippen LogP) is 5.03. The van der Waals surface area contributed by atoms with Crippen LogP contribution in [-0.4, -0.2) is 28.8 Å². The Morgan fingerprint density at radius 2 is 1.77 bits per heavy atom. The molecule has 1 N–H and O–H groups in total. The number of carbonyl (C=O) groups excluding carboxylic acids is 1. The molecule has 4 aliphatic carbocycles. The van der Waals surface area contributed by atoms with E-state index in [2.05, 4.69) is 42.3 Å². The minimum absolute atomic E-state index is 0.103. The number of urea groups is 1. The maximum absolute atomic E-state index is 13.3. The summed E-state index contributed by atoms with van der Waals surface area (Å²) in [6.45, 7) is 5.17. The summed E-state index contributed by atoms with van der Waals surface area (Å²) in [5, 5.41) is 3.74. The lowest BCUT2D eigenvalue weighted by atomic mass is 9.53. The Morgan fingerprint density at radius 1 is 1.12 bits per heavy atom. The lowest BCUT2D eigenvalue weighted by molar-refractivity contribution is -0.0156. The topological polar surface area (TPSA) is 32.3 Å². The smallest absolute Gasteiger partial charge is 0.319 e. The number of amides is 2. The van der Waals surface area contributed by atoms with E-state index in [-0.39, 0.29) is 16.9 Å². The Hall–Kier alpha value is -1.16. The summed E-state index contributed by atoms with van der Waals surface area (Å²) < 4.78 is 0. The SMILES string of the molecule is Cc1ccc(C2SCCN2C(=O)NC23CC4CC(CC(C4)C2)C3)c(C)c1. The molecule has 0 spiro atoms. The number of hydrogen-bond acceptors (Lipinski definition) is 2. The third-order valence-electron chi connectivity index (χ3n) is 7.25. The van der Waals surface area contributed by atoms with Gasteiger partial charge in [-0.05, 0) is 81.3 Å². The Kier molecular flexibility index (Phi) is 4.04. The minimum atomic E-state index is 0.103. The summed E-state index contributed by atoms with van der Waals surface area (Å²) in [6.07, 6.45) is 7.92. The zero-order valence-electron chi connectivity index (χ0n) is 16.0. The van der Waals surface area contributed by atoms with Gasteiger partial charge >= 0.3 is 6.03 Å². The molecule has 4 bridgehead atoms. The predicted molar refractivity (Wildman–Crippen MR) is 107 cm³/mol. The number of carbonyl (C=O) groups is 1. The van der Waals surface area contributed by atoms with Crippen molar-refractivity contribution in [2.24, 2.45) is 17.8 Å². The van der Waals surface area contributed by atoms with Gasteiger partial charge in [-0.2, -0.15) is 0 Å². The van der Waals surface area contributed by atoms with Gasteiger partial charge in [0.2, 0.25) is 0 Å². The van der Waals surface area contributed by atoms with Crippen LogP contribution in [0.4, 0.5) is 4.79 Å². The summed E-state index contributed by atoms with van der Waals surface area (Å²) in [6, 6.07) is 6.82. The molecule has 6 rings (SSSR count). The lowest BCUT2D eigenvalue weighted by Crippen LogP contribution is -2.61. The minimum Gasteiger partial charge on any atom is -0.332 e. The zero-order valence-corrected chi connectivity index (χ0v) is 16.8. The first kappa shape index (κ1) is 17.0. The molecule has 2 amide bonds. The van der Waals surface area contributed by atoms with Crippen LogP contribution in [0.5, 0.6) is 0 Å². The summed E-state index contributed by atoms with van der Waals surface area (Å²) >= 11 is 1.91. The first-order valence-electron chi connectivity index (χ1n) is 10.3. The van der Waals surface area contributed by atoms with Crippen molar-refractivity contribution < 1.29 is 4.79 Å². The molecular weight excluding hydrogens is 340 g/mol. The Balaban J connectivity index is 1.35. The van der Waals surface area contributed by atoms with E-state index in [9.17, 15) is 4.79 Å². The Morgan fingerprint density at radius 3 is 2.38 bits per heavy atom. The van der Waals surface area contributed by atoms with Crippen molar-refractivity contribution >= 4 is 17.8 Å². The van der Waals surface area contributed by atoms with Crippen molar-refractivity contribution in [3.05, 3.63) is 34.9 Å². The van der Waals surface area contributed by atoms with E-state index in [0.29, 0.717) is 0 Å². The molecule has 5 fully saturated rings. The van der Waals surface area contributed by atoms with E-state index in [1.807, 2.05) is 11.8 Å². The fourth-order valence-corrected chi connectivity index (χ4v) is 7.95. The Labute approximate surface area is 161 Å². The molecule has 3 nitrogen and oxygen atoms in total. The van der Waals surface area contributed by atoms with E-state index in [4.69, 9.17) is 0 Å². The number of nitrogens with zero attached hydrogens (tertiary/aromatic N) is 1. The molecule has 1 aromatic rings. The van der Waals surface area contributed by atoms with E-state index < -0.39 is 0 Å². The monoisotopic (exact) mass is 370 g/mol. The second-order valence-electron chi connectivity index (χ2n) is 9.40. The average Bonchev–Trinajstić information content (AvgIpc) is 3.02. The standard InChI is InChI=1S/C22H30N2OS/c1-14-3-4-19(15(2)7-14)20-24(5-6-26-20)21(25)23-22-11-16-8-17(12-22)10-18(9-16)13-22/h3-4,7,16-18,20H,5-6,8-13H2,1-2H3,(H,23,25). The summed E-state index contributed by atoms with van der Waals surface area (Å²) in [4.78, 5) is 15.4. The van der Waals surface area contributed by atoms with Crippen molar-refractivity contribution in [2.75, 3.05) is 12.3 Å². The summed E-state index contributed by atoms with van der Waals surface area (Å²) in [5.74, 6) is 3.63. The number of thioether (sulfide) groups is 1. The maximum Gasteiger partial charge on any atom is 0.319 e. The van der Waals surface area contributed by atoms with Crippen molar-refractivity contribution in [3.8, 4) is 0 Å². The van der Waals surface area contributed by atoms with Crippen LogP contribution < -0.4 is 5.32 Å². The molecule has 1 saturated heterocycles. The molecule has 4 saturated carbocycles. The fraction of sp³-hybridized carbons (Fsp3) is 0.682. The number of rotatable bonds is 2. The van der Waals surface area contributed by atoms with Gasteiger partial charge < -0.3 is 10.2 Å². The van der Waals surface area contributed by atoms with Crippen LogP contribution in [0.3, 0.4) is 0 Å². The highest BCUT2D eigenvalue weighted by atomic mass is 32.2. The van der Waals surface area contributed by atoms with Gasteiger partial charge in [-0.15, -0.1) is 11.8 Å². The molecule has 1 unspecified atom stereocenters. The van der Waals surface area contributed by atoms with Crippen molar-refractivity contribution in [3.63, 3.8) is 0 Å². The largest absolute Gasteiger partial charge is 0.332 e. The number of benzene rings is 1. The third-order valence-corrected chi connectivity index (χ3v) is 8.50. The quantitative estimate of drug-likeness (QED) is 0.792. The molecular formula is C22H30N2OS. The molecule has 1 heterocycles. The lowest BCUT2D eigenvalue weighted by Gasteiger charge is -2.57. The summed E-state index contributed by atoms with van der Waals surface area (Å²) in [7, 11) is 0. The van der Waals surface area contributed by atoms with Gasteiger partial charge in [-0.25, -0.2) is 4.79 Å². The summed E-state index contributed by atoms with van der Waals surface area (Å²) in [5.41, 5.74) is 4.00. The van der Waals surface area contributed by atoms with Gasteiger partial charge in [0.05, 0.1) is 0 Å². The normalized spacial score (nSPS) is 38.0. The third kappa shape index (κ3) is 2.85. The number of hydrogen-bond donors (Lipinski definition) is 1. The maximum atomic E-state index is 13.3. The van der Waals surface area contributed by atoms with Crippen molar-refractivity contribution in [1.29, 1.82) is 0 Å². The Bertz CT molecular complexity index is 696. The van der Waals surface area contributed by atoms with E-state index in [0.717, 1.165) is 30.1 Å². The second-order valence-corrected chi connectivity index (χ2v) is 10.6. The van der Waals surface area contributed by atoms with Crippen molar-refractivity contribution in [1.82, 2.24) is 10.2 Å². The van der Waals surface area contributed by atoms with Gasteiger partial charge in [0, 0.05) is 17.8 Å². The van der Waals surface area contributed by atoms with E-state index in [1.54, 1.807) is 0 Å². The highest BCUT2D eigenvalue weighted by molar-refractivity contribution is 7.99. The highest BCUT2D eigenvalue weighted by Crippen LogP contribution is 2.55. The first-order valence-corrected chi connectivity index (χ1v) is 11.3. The van der Waals surface area contributed by atoms with Crippen LogP contribution in [-0.2, 0) is 0 Å². The number of aryl methyl sites for hydroxylation is 2. The number of nitrogens with one attached hydrogen (secondary N) is 1. The first-order chi connectivity index (χ1) is 12.5. The van der Waals surface area contributed by atoms with Crippen molar-refractivity contribution in [2.45, 2.75) is 63.3 Å². The van der Waals surface area contributed by atoms with Gasteiger partial charge in [0.1, 0.15) is 5.37 Å². The molecule has 4 heteroatoms. The molecule has 1 aliphatic heterocycles. The molecule has 0 aromatic heterocycles.